The molecule has 3 nitrogen and oxygen atoms in total. The molecule has 1 amide bonds. The molecule has 5 aromatic rings. The highest BCUT2D eigenvalue weighted by Crippen LogP contribution is 2.43. The van der Waals surface area contributed by atoms with Gasteiger partial charge in [0.05, 0.1) is 17.0 Å². The highest BCUT2D eigenvalue weighted by atomic mass is 35.5. The van der Waals surface area contributed by atoms with Gasteiger partial charge in [-0.15, -0.1) is 11.8 Å². The predicted molar refractivity (Wildman–Crippen MR) is 148 cm³/mol. The zero-order valence-corrected chi connectivity index (χ0v) is 20.9. The summed E-state index contributed by atoms with van der Waals surface area (Å²) in [4.78, 5) is 18.8. The first-order valence-electron chi connectivity index (χ1n) is 11.0. The molecule has 0 fully saturated rings. The molecule has 0 aliphatic heterocycles. The highest BCUT2D eigenvalue weighted by molar-refractivity contribution is 8.00. The summed E-state index contributed by atoms with van der Waals surface area (Å²) in [7, 11) is 0. The maximum absolute atomic E-state index is 12.9. The fourth-order valence-electron chi connectivity index (χ4n) is 3.91. The number of nitrogens with one attached hydrogen (secondary N) is 1. The summed E-state index contributed by atoms with van der Waals surface area (Å²) in [5, 5.41) is 5.19. The van der Waals surface area contributed by atoms with E-state index >= 15 is 0 Å². The molecule has 5 rings (SSSR count). The molecule has 0 spiro atoms. The number of hydrogen-bond acceptors (Lipinski definition) is 3. The van der Waals surface area contributed by atoms with Crippen LogP contribution < -0.4 is 5.32 Å². The van der Waals surface area contributed by atoms with E-state index in [1.165, 1.54) is 11.8 Å². The van der Waals surface area contributed by atoms with E-state index in [9.17, 15) is 4.79 Å². The number of benzene rings is 4. The Labute approximate surface area is 218 Å². The van der Waals surface area contributed by atoms with Crippen molar-refractivity contribution in [3.63, 3.8) is 0 Å². The number of thioether (sulfide) groups is 1. The molecule has 1 heterocycles. The van der Waals surface area contributed by atoms with E-state index in [0.29, 0.717) is 10.0 Å². The van der Waals surface area contributed by atoms with Gasteiger partial charge in [0.2, 0.25) is 5.91 Å². The van der Waals surface area contributed by atoms with Crippen LogP contribution in [-0.2, 0) is 4.79 Å². The standard InChI is InChI=1S/C29H20Cl2N2OS/c30-21-13-11-20(12-14-21)28-29(35-18-26(34)32-23-9-5-2-6-10-23)27(19-7-3-1-4-8-19)24-17-22(31)15-16-25(24)33-28/h1-17H,18H2,(H,32,34). The normalized spacial score (nSPS) is 10.9. The second kappa shape index (κ2) is 10.5. The number of nitrogens with zero attached hydrogens (tertiary/aromatic N) is 1. The zero-order chi connectivity index (χ0) is 24.2. The lowest BCUT2D eigenvalue weighted by Gasteiger charge is -2.18. The number of carbonyl (C=O) groups is 1. The van der Waals surface area contributed by atoms with Crippen LogP contribution in [0.2, 0.25) is 10.0 Å². The number of rotatable bonds is 6. The lowest BCUT2D eigenvalue weighted by molar-refractivity contribution is -0.113. The van der Waals surface area contributed by atoms with E-state index in [0.717, 1.165) is 43.9 Å². The van der Waals surface area contributed by atoms with Crippen molar-refractivity contribution in [2.45, 2.75) is 4.90 Å². The molecule has 0 aliphatic rings. The molecule has 0 saturated carbocycles. The molecule has 4 aromatic carbocycles. The number of carbonyl (C=O) groups excluding carboxylic acids is 1. The van der Waals surface area contributed by atoms with Crippen LogP contribution in [0.5, 0.6) is 0 Å². The van der Waals surface area contributed by atoms with Crippen LogP contribution in [0.3, 0.4) is 0 Å². The largest absolute Gasteiger partial charge is 0.325 e. The first kappa shape index (κ1) is 23.4. The van der Waals surface area contributed by atoms with E-state index in [1.54, 1.807) is 0 Å². The van der Waals surface area contributed by atoms with Crippen molar-refractivity contribution >= 4 is 57.5 Å². The maximum Gasteiger partial charge on any atom is 0.234 e. The van der Waals surface area contributed by atoms with Crippen LogP contribution in [-0.4, -0.2) is 16.6 Å². The molecule has 0 atom stereocenters. The lowest BCUT2D eigenvalue weighted by Crippen LogP contribution is -2.14. The van der Waals surface area contributed by atoms with Gasteiger partial charge in [0.25, 0.3) is 0 Å². The third kappa shape index (κ3) is 5.35. The molecule has 6 heteroatoms. The Kier molecular flexibility index (Phi) is 7.05. The second-order valence-electron chi connectivity index (χ2n) is 7.90. The van der Waals surface area contributed by atoms with E-state index in [-0.39, 0.29) is 11.7 Å². The summed E-state index contributed by atoms with van der Waals surface area (Å²) in [6.45, 7) is 0. The molecule has 0 radical (unpaired) electrons. The molecule has 0 bridgehead atoms. The van der Waals surface area contributed by atoms with Gasteiger partial charge in [0.15, 0.2) is 0 Å². The predicted octanol–water partition coefficient (Wildman–Crippen LogP) is 8.61. The molecule has 1 aromatic heterocycles. The van der Waals surface area contributed by atoms with E-state index in [4.69, 9.17) is 28.2 Å². The quantitative estimate of drug-likeness (QED) is 0.230. The summed E-state index contributed by atoms with van der Waals surface area (Å²) in [6, 6.07) is 32.9. The topological polar surface area (TPSA) is 42.0 Å². The third-order valence-electron chi connectivity index (χ3n) is 5.49. The first-order chi connectivity index (χ1) is 17.1. The summed E-state index contributed by atoms with van der Waals surface area (Å²) in [5.41, 5.74) is 5.35. The smallest absolute Gasteiger partial charge is 0.234 e. The summed E-state index contributed by atoms with van der Waals surface area (Å²) in [5.74, 6) is 0.136. The zero-order valence-electron chi connectivity index (χ0n) is 18.5. The molecule has 0 unspecified atom stereocenters. The molecule has 172 valence electrons. The Balaban J connectivity index is 1.65. The van der Waals surface area contributed by atoms with Crippen LogP contribution in [0.15, 0.2) is 108 Å². The van der Waals surface area contributed by atoms with Crippen molar-refractivity contribution in [3.05, 3.63) is 113 Å². The number of anilines is 1. The van der Waals surface area contributed by atoms with Crippen LogP contribution in [0.25, 0.3) is 33.3 Å². The van der Waals surface area contributed by atoms with Crippen LogP contribution in [0, 0.1) is 0 Å². The molecular formula is C29H20Cl2N2OS. The monoisotopic (exact) mass is 514 g/mol. The second-order valence-corrected chi connectivity index (χ2v) is 9.76. The van der Waals surface area contributed by atoms with E-state index < -0.39 is 0 Å². The molecule has 0 aliphatic carbocycles. The van der Waals surface area contributed by atoms with Crippen LogP contribution in [0.4, 0.5) is 5.69 Å². The number of pyridine rings is 1. The molecule has 0 saturated heterocycles. The van der Waals surface area contributed by atoms with Crippen molar-refractivity contribution in [2.75, 3.05) is 11.1 Å². The lowest BCUT2D eigenvalue weighted by atomic mass is 9.98. The van der Waals surface area contributed by atoms with Gasteiger partial charge in [-0.1, -0.05) is 83.9 Å². The van der Waals surface area contributed by atoms with Crippen LogP contribution >= 0.6 is 35.0 Å². The van der Waals surface area contributed by atoms with E-state index in [1.807, 2.05) is 91.0 Å². The number of para-hydroxylation sites is 1. The maximum atomic E-state index is 12.9. The summed E-state index contributed by atoms with van der Waals surface area (Å²) >= 11 is 14.0. The Morgan fingerprint density at radius 1 is 0.771 bits per heavy atom. The van der Waals surface area contributed by atoms with Gasteiger partial charge in [-0.3, -0.25) is 4.79 Å². The number of amides is 1. The minimum atomic E-state index is -0.0894. The average Bonchev–Trinajstić information content (AvgIpc) is 2.88. The van der Waals surface area contributed by atoms with Gasteiger partial charge in [0.1, 0.15) is 0 Å². The highest BCUT2D eigenvalue weighted by Gasteiger charge is 2.20. The van der Waals surface area contributed by atoms with Crippen molar-refractivity contribution in [2.24, 2.45) is 0 Å². The molecule has 35 heavy (non-hydrogen) atoms. The third-order valence-corrected chi connectivity index (χ3v) is 7.07. The average molecular weight is 515 g/mol. The van der Waals surface area contributed by atoms with Crippen molar-refractivity contribution in [1.82, 2.24) is 4.98 Å². The van der Waals surface area contributed by atoms with Crippen molar-refractivity contribution in [3.8, 4) is 22.4 Å². The summed E-state index contributed by atoms with van der Waals surface area (Å²) in [6.07, 6.45) is 0. The number of halogens is 2. The fourth-order valence-corrected chi connectivity index (χ4v) is 5.23. The van der Waals surface area contributed by atoms with Crippen molar-refractivity contribution in [1.29, 1.82) is 0 Å². The number of hydrogen-bond donors (Lipinski definition) is 1. The van der Waals surface area contributed by atoms with Crippen LogP contribution in [0.1, 0.15) is 0 Å². The Bertz CT molecular complexity index is 1490. The van der Waals surface area contributed by atoms with Gasteiger partial charge in [-0.2, -0.15) is 0 Å². The van der Waals surface area contributed by atoms with Gasteiger partial charge in [-0.25, -0.2) is 4.98 Å². The SMILES string of the molecule is O=C(CSc1c(-c2ccc(Cl)cc2)nc2ccc(Cl)cc2c1-c1ccccc1)Nc1ccccc1. The number of fused-ring (bicyclic) bond motifs is 1. The molecular weight excluding hydrogens is 495 g/mol. The van der Waals surface area contributed by atoms with Gasteiger partial charge in [-0.05, 0) is 48.0 Å². The fraction of sp³-hybridized carbons (Fsp3) is 0.0345. The van der Waals surface area contributed by atoms with Crippen molar-refractivity contribution < 1.29 is 4.79 Å². The Morgan fingerprint density at radius 3 is 2.14 bits per heavy atom. The van der Waals surface area contributed by atoms with Gasteiger partial charge in [0, 0.05) is 37.1 Å². The molecule has 1 N–H and O–H groups in total. The summed E-state index contributed by atoms with van der Waals surface area (Å²) < 4.78 is 0. The van der Waals surface area contributed by atoms with E-state index in [2.05, 4.69) is 17.4 Å². The van der Waals surface area contributed by atoms with Gasteiger partial charge >= 0.3 is 0 Å². The minimum Gasteiger partial charge on any atom is -0.325 e. The minimum absolute atomic E-state index is 0.0894. The van der Waals surface area contributed by atoms with Gasteiger partial charge < -0.3 is 5.32 Å². The number of aromatic nitrogens is 1. The first-order valence-corrected chi connectivity index (χ1v) is 12.7. The Morgan fingerprint density at radius 2 is 1.43 bits per heavy atom. The Hall–Kier alpha value is -3.31.